The first kappa shape index (κ1) is 30.4. The zero-order chi connectivity index (χ0) is 32.4. The highest BCUT2D eigenvalue weighted by Gasteiger charge is 2.33. The van der Waals surface area contributed by atoms with Gasteiger partial charge in [0.25, 0.3) is 5.56 Å². The third-order valence-electron chi connectivity index (χ3n) is 7.41. The fraction of sp³-hybridized carbons (Fsp3) is 0.139. The maximum atomic E-state index is 14.3. The molecule has 0 spiro atoms. The zero-order valence-corrected chi connectivity index (χ0v) is 26.3. The van der Waals surface area contributed by atoms with Crippen molar-refractivity contribution in [3.63, 3.8) is 0 Å². The summed E-state index contributed by atoms with van der Waals surface area (Å²) in [6.07, 6.45) is 5.20. The van der Waals surface area contributed by atoms with Crippen molar-refractivity contribution in [2.75, 3.05) is 6.61 Å². The number of hydrogen-bond donors (Lipinski definition) is 0. The number of para-hydroxylation sites is 1. The molecule has 1 aliphatic rings. The standard InChI is InChI=1S/C36H30N4O5S/c1-5-19-44-35(43)31-23(3)37-36-40(33(31)26-15-17-29(18-16-26)45-24(4)41)34(42)30(46-36)20-27-21-39(28-9-7-6-8-10-28)38-32(27)25-13-11-22(2)12-14-25/h5-18,20-21,33H,1,19H2,2-4H3/b30-20-/t33-/m1/s1. The van der Waals surface area contributed by atoms with Crippen LogP contribution in [0.4, 0.5) is 0 Å². The van der Waals surface area contributed by atoms with E-state index in [1.54, 1.807) is 35.9 Å². The van der Waals surface area contributed by atoms with E-state index in [2.05, 4.69) is 11.6 Å². The molecule has 46 heavy (non-hydrogen) atoms. The molecule has 0 unspecified atom stereocenters. The lowest BCUT2D eigenvalue weighted by Gasteiger charge is -2.24. The van der Waals surface area contributed by atoms with Crippen molar-refractivity contribution < 1.29 is 19.1 Å². The van der Waals surface area contributed by atoms with E-state index < -0.39 is 18.0 Å². The van der Waals surface area contributed by atoms with Gasteiger partial charge in [-0.1, -0.05) is 84.2 Å². The quantitative estimate of drug-likeness (QED) is 0.135. The molecule has 3 heterocycles. The van der Waals surface area contributed by atoms with Gasteiger partial charge in [0, 0.05) is 24.2 Å². The predicted octanol–water partition coefficient (Wildman–Crippen LogP) is 5.05. The van der Waals surface area contributed by atoms with Gasteiger partial charge in [0.2, 0.25) is 0 Å². The number of thiazole rings is 1. The Morgan fingerprint density at radius 2 is 1.72 bits per heavy atom. The molecule has 6 rings (SSSR count). The van der Waals surface area contributed by atoms with Gasteiger partial charge < -0.3 is 9.47 Å². The molecule has 0 fully saturated rings. The molecule has 2 aromatic heterocycles. The third-order valence-corrected chi connectivity index (χ3v) is 8.39. The van der Waals surface area contributed by atoms with E-state index in [1.165, 1.54) is 28.9 Å². The van der Waals surface area contributed by atoms with E-state index >= 15 is 0 Å². The second-order valence-electron chi connectivity index (χ2n) is 10.7. The van der Waals surface area contributed by atoms with Crippen LogP contribution in [0.3, 0.4) is 0 Å². The number of carbonyl (C=O) groups is 2. The summed E-state index contributed by atoms with van der Waals surface area (Å²) in [6, 6.07) is 23.7. The van der Waals surface area contributed by atoms with Crippen molar-refractivity contribution in [2.24, 2.45) is 4.99 Å². The van der Waals surface area contributed by atoms with Crippen molar-refractivity contribution in [1.29, 1.82) is 0 Å². The minimum Gasteiger partial charge on any atom is -0.458 e. The van der Waals surface area contributed by atoms with E-state index in [1.807, 2.05) is 73.8 Å². The van der Waals surface area contributed by atoms with Crippen LogP contribution in [0.15, 0.2) is 119 Å². The van der Waals surface area contributed by atoms with Crippen LogP contribution in [0, 0.1) is 6.92 Å². The summed E-state index contributed by atoms with van der Waals surface area (Å²) in [7, 11) is 0. The largest absolute Gasteiger partial charge is 0.458 e. The van der Waals surface area contributed by atoms with Gasteiger partial charge in [-0.25, -0.2) is 14.5 Å². The Labute approximate surface area is 268 Å². The van der Waals surface area contributed by atoms with Crippen LogP contribution in [0.25, 0.3) is 23.0 Å². The van der Waals surface area contributed by atoms with Crippen molar-refractivity contribution in [1.82, 2.24) is 14.3 Å². The highest BCUT2D eigenvalue weighted by Crippen LogP contribution is 2.32. The molecule has 9 nitrogen and oxygen atoms in total. The van der Waals surface area contributed by atoms with Crippen molar-refractivity contribution in [2.45, 2.75) is 26.8 Å². The zero-order valence-electron chi connectivity index (χ0n) is 25.5. The van der Waals surface area contributed by atoms with Crippen molar-refractivity contribution in [3.05, 3.63) is 145 Å². The Morgan fingerprint density at radius 1 is 1.00 bits per heavy atom. The summed E-state index contributed by atoms with van der Waals surface area (Å²) in [5.41, 5.74) is 5.37. The van der Waals surface area contributed by atoms with Crippen LogP contribution < -0.4 is 19.6 Å². The average Bonchev–Trinajstić information content (AvgIpc) is 3.60. The molecular formula is C36H30N4O5S. The van der Waals surface area contributed by atoms with E-state index in [0.29, 0.717) is 26.3 Å². The number of hydrogen-bond acceptors (Lipinski definition) is 8. The molecule has 1 aliphatic heterocycles. The van der Waals surface area contributed by atoms with Crippen LogP contribution in [-0.4, -0.2) is 32.9 Å². The molecule has 0 bridgehead atoms. The number of esters is 2. The van der Waals surface area contributed by atoms with Crippen LogP contribution >= 0.6 is 11.3 Å². The van der Waals surface area contributed by atoms with Gasteiger partial charge in [0.05, 0.1) is 33.2 Å². The SMILES string of the molecule is C=CCOC(=O)C1=C(C)N=c2s/c(=C\c3cn(-c4ccccc4)nc3-c3ccc(C)cc3)c(=O)n2[C@@H]1c1ccc(OC(C)=O)cc1. The summed E-state index contributed by atoms with van der Waals surface area (Å²) in [4.78, 5) is 44.2. The second kappa shape index (κ2) is 12.8. The maximum Gasteiger partial charge on any atom is 0.338 e. The molecule has 230 valence electrons. The smallest absolute Gasteiger partial charge is 0.338 e. The number of aromatic nitrogens is 3. The highest BCUT2D eigenvalue weighted by atomic mass is 32.1. The van der Waals surface area contributed by atoms with Crippen LogP contribution in [0.1, 0.15) is 36.6 Å². The first-order valence-corrected chi connectivity index (χ1v) is 15.4. The summed E-state index contributed by atoms with van der Waals surface area (Å²) < 4.78 is 14.4. The first-order chi connectivity index (χ1) is 22.2. The van der Waals surface area contributed by atoms with Gasteiger partial charge in [0.1, 0.15) is 12.4 Å². The van der Waals surface area contributed by atoms with E-state index in [4.69, 9.17) is 14.6 Å². The van der Waals surface area contributed by atoms with Gasteiger partial charge in [-0.15, -0.1) is 0 Å². The summed E-state index contributed by atoms with van der Waals surface area (Å²) in [6.45, 7) is 8.71. The molecule has 5 aromatic rings. The fourth-order valence-electron chi connectivity index (χ4n) is 5.28. The monoisotopic (exact) mass is 630 g/mol. The second-order valence-corrected chi connectivity index (χ2v) is 11.7. The van der Waals surface area contributed by atoms with Gasteiger partial charge in [-0.05, 0) is 49.8 Å². The molecule has 0 saturated carbocycles. The molecular weight excluding hydrogens is 600 g/mol. The number of nitrogens with zero attached hydrogens (tertiary/aromatic N) is 4. The van der Waals surface area contributed by atoms with Crippen molar-refractivity contribution >= 4 is 29.4 Å². The molecule has 0 aliphatic carbocycles. The van der Waals surface area contributed by atoms with E-state index in [-0.39, 0.29) is 17.7 Å². The normalized spacial score (nSPS) is 14.4. The number of allylic oxidation sites excluding steroid dienone is 1. The van der Waals surface area contributed by atoms with E-state index in [9.17, 15) is 14.4 Å². The minimum absolute atomic E-state index is 0.00529. The Bertz CT molecular complexity index is 2170. The van der Waals surface area contributed by atoms with Crippen LogP contribution in [0.5, 0.6) is 5.75 Å². The Balaban J connectivity index is 1.53. The molecule has 0 radical (unpaired) electrons. The van der Waals surface area contributed by atoms with Gasteiger partial charge in [0.15, 0.2) is 4.80 Å². The van der Waals surface area contributed by atoms with Crippen molar-refractivity contribution in [3.8, 4) is 22.7 Å². The van der Waals surface area contributed by atoms with Crippen LogP contribution in [-0.2, 0) is 14.3 Å². The molecule has 3 aromatic carbocycles. The first-order valence-electron chi connectivity index (χ1n) is 14.5. The fourth-order valence-corrected chi connectivity index (χ4v) is 6.31. The molecule has 0 amide bonds. The number of rotatable bonds is 8. The van der Waals surface area contributed by atoms with Gasteiger partial charge in [-0.2, -0.15) is 5.10 Å². The lowest BCUT2D eigenvalue weighted by molar-refractivity contribution is -0.138. The number of benzene rings is 3. The Hall–Kier alpha value is -5.61. The van der Waals surface area contributed by atoms with E-state index in [0.717, 1.165) is 28.1 Å². The summed E-state index contributed by atoms with van der Waals surface area (Å²) in [5, 5.41) is 4.90. The number of aryl methyl sites for hydroxylation is 1. The summed E-state index contributed by atoms with van der Waals surface area (Å²) >= 11 is 1.23. The topological polar surface area (TPSA) is 105 Å². The molecule has 1 atom stereocenters. The molecule has 0 saturated heterocycles. The number of ether oxygens (including phenoxy) is 2. The van der Waals surface area contributed by atoms with Crippen LogP contribution in [0.2, 0.25) is 0 Å². The minimum atomic E-state index is -0.828. The number of fused-ring (bicyclic) bond motifs is 1. The Kier molecular flexibility index (Phi) is 8.45. The lowest BCUT2D eigenvalue weighted by atomic mass is 9.96. The Morgan fingerprint density at radius 3 is 2.39 bits per heavy atom. The van der Waals surface area contributed by atoms with Gasteiger partial charge >= 0.3 is 11.9 Å². The average molecular weight is 631 g/mol. The molecule has 0 N–H and O–H groups in total. The maximum absolute atomic E-state index is 14.3. The predicted molar refractivity (Wildman–Crippen MR) is 176 cm³/mol. The number of carbonyl (C=O) groups excluding carboxylic acids is 2. The molecule has 10 heteroatoms. The highest BCUT2D eigenvalue weighted by molar-refractivity contribution is 7.07. The summed E-state index contributed by atoms with van der Waals surface area (Å²) in [5.74, 6) is -0.708. The third kappa shape index (κ3) is 6.02. The van der Waals surface area contributed by atoms with Gasteiger partial charge in [-0.3, -0.25) is 14.2 Å². The lowest BCUT2D eigenvalue weighted by Crippen LogP contribution is -2.39.